The Kier molecular flexibility index (Phi) is 4.37. The smallest absolute Gasteiger partial charge is 0.261 e. The summed E-state index contributed by atoms with van der Waals surface area (Å²) in [4.78, 5) is 26.6. The quantitative estimate of drug-likeness (QED) is 0.616. The molecule has 3 rings (SSSR count). The summed E-state index contributed by atoms with van der Waals surface area (Å²) >= 11 is 6.19. The van der Waals surface area contributed by atoms with Crippen molar-refractivity contribution in [2.75, 3.05) is 13.2 Å². The lowest BCUT2D eigenvalue weighted by molar-refractivity contribution is 0.0533. The lowest BCUT2D eigenvalue weighted by atomic mass is 9.94. The van der Waals surface area contributed by atoms with Crippen LogP contribution in [0.25, 0.3) is 10.8 Å². The van der Waals surface area contributed by atoms with Gasteiger partial charge < -0.3 is 4.74 Å². The monoisotopic (exact) mass is 331 g/mol. The molecule has 0 unspecified atom stereocenters. The maximum absolute atomic E-state index is 12.7. The van der Waals surface area contributed by atoms with E-state index < -0.39 is 0 Å². The van der Waals surface area contributed by atoms with Crippen molar-refractivity contribution >= 4 is 34.2 Å². The molecule has 0 N–H and O–H groups in total. The second-order valence-corrected chi connectivity index (χ2v) is 6.27. The number of hydrogen-bond donors (Lipinski definition) is 0. The molecule has 2 aromatic carbocycles. The summed E-state index contributed by atoms with van der Waals surface area (Å²) in [6.07, 6.45) is 0.758. The highest BCUT2D eigenvalue weighted by Gasteiger charge is 2.32. The number of rotatable bonds is 5. The number of nitrogens with zero attached hydrogens (tertiary/aromatic N) is 1. The van der Waals surface area contributed by atoms with Gasteiger partial charge in [0, 0.05) is 40.1 Å². The number of ether oxygens (including phenoxy) is 1. The molecule has 0 saturated carbocycles. The average molecular weight is 332 g/mol. The molecule has 0 radical (unpaired) electrons. The Morgan fingerprint density at radius 1 is 1.09 bits per heavy atom. The fraction of sp³-hybridized carbons (Fsp3) is 0.333. The molecule has 0 atom stereocenters. The van der Waals surface area contributed by atoms with Crippen LogP contribution in [0.1, 0.15) is 41.0 Å². The third-order valence-corrected chi connectivity index (χ3v) is 4.25. The first-order valence-electron chi connectivity index (χ1n) is 7.69. The second kappa shape index (κ2) is 6.30. The van der Waals surface area contributed by atoms with Crippen LogP contribution in [0.3, 0.4) is 0 Å². The highest BCUT2D eigenvalue weighted by Crippen LogP contribution is 2.34. The largest absolute Gasteiger partial charge is 0.379 e. The maximum Gasteiger partial charge on any atom is 0.261 e. The van der Waals surface area contributed by atoms with Gasteiger partial charge in [-0.1, -0.05) is 23.7 Å². The predicted octanol–water partition coefficient (Wildman–Crippen LogP) is 3.90. The summed E-state index contributed by atoms with van der Waals surface area (Å²) in [7, 11) is 0. The standard InChI is InChI=1S/C18H18ClNO3/c1-11(2)23-10-4-9-20-17(21)13-6-3-5-12-15(19)8-7-14(16(12)13)18(20)22/h3,5-8,11H,4,9-10H2,1-2H3. The van der Waals surface area contributed by atoms with Crippen LogP contribution in [-0.4, -0.2) is 36.0 Å². The zero-order chi connectivity index (χ0) is 16.6. The first-order chi connectivity index (χ1) is 11.0. The van der Waals surface area contributed by atoms with Gasteiger partial charge >= 0.3 is 0 Å². The van der Waals surface area contributed by atoms with Crippen LogP contribution >= 0.6 is 11.6 Å². The van der Waals surface area contributed by atoms with E-state index in [-0.39, 0.29) is 17.9 Å². The van der Waals surface area contributed by atoms with Gasteiger partial charge in [-0.25, -0.2) is 0 Å². The van der Waals surface area contributed by atoms with E-state index in [1.165, 1.54) is 4.90 Å². The van der Waals surface area contributed by atoms with E-state index >= 15 is 0 Å². The van der Waals surface area contributed by atoms with E-state index in [4.69, 9.17) is 16.3 Å². The highest BCUT2D eigenvalue weighted by molar-refractivity contribution is 6.38. The first-order valence-corrected chi connectivity index (χ1v) is 8.07. The third-order valence-electron chi connectivity index (χ3n) is 3.92. The van der Waals surface area contributed by atoms with Gasteiger partial charge in [-0.15, -0.1) is 0 Å². The molecule has 120 valence electrons. The van der Waals surface area contributed by atoms with E-state index in [9.17, 15) is 9.59 Å². The number of hydrogen-bond acceptors (Lipinski definition) is 3. The number of carbonyl (C=O) groups is 2. The Balaban J connectivity index is 1.92. The van der Waals surface area contributed by atoms with Crippen LogP contribution in [0.15, 0.2) is 30.3 Å². The van der Waals surface area contributed by atoms with Gasteiger partial charge in [0.2, 0.25) is 0 Å². The fourth-order valence-electron chi connectivity index (χ4n) is 2.86. The average Bonchev–Trinajstić information content (AvgIpc) is 2.53. The molecule has 0 aliphatic carbocycles. The Morgan fingerprint density at radius 2 is 1.78 bits per heavy atom. The van der Waals surface area contributed by atoms with Crippen LogP contribution in [-0.2, 0) is 4.74 Å². The minimum atomic E-state index is -0.264. The highest BCUT2D eigenvalue weighted by atomic mass is 35.5. The molecular formula is C18H18ClNO3. The molecule has 0 bridgehead atoms. The zero-order valence-electron chi connectivity index (χ0n) is 13.1. The van der Waals surface area contributed by atoms with Crippen molar-refractivity contribution in [3.8, 4) is 0 Å². The Bertz CT molecular complexity index is 763. The molecule has 0 saturated heterocycles. The van der Waals surface area contributed by atoms with Crippen molar-refractivity contribution < 1.29 is 14.3 Å². The fourth-order valence-corrected chi connectivity index (χ4v) is 3.08. The van der Waals surface area contributed by atoms with Crippen LogP contribution in [0.4, 0.5) is 0 Å². The summed E-state index contributed by atoms with van der Waals surface area (Å²) in [5.41, 5.74) is 1.06. The number of halogens is 1. The molecule has 1 heterocycles. The van der Waals surface area contributed by atoms with Gasteiger partial charge in [-0.05, 0) is 38.5 Å². The Morgan fingerprint density at radius 3 is 2.48 bits per heavy atom. The summed E-state index contributed by atoms with van der Waals surface area (Å²) in [5.74, 6) is -0.528. The summed E-state index contributed by atoms with van der Waals surface area (Å²) in [6.45, 7) is 4.78. The van der Waals surface area contributed by atoms with E-state index in [1.54, 1.807) is 24.3 Å². The van der Waals surface area contributed by atoms with Crippen molar-refractivity contribution in [3.63, 3.8) is 0 Å². The molecule has 4 nitrogen and oxygen atoms in total. The predicted molar refractivity (Wildman–Crippen MR) is 90.0 cm³/mol. The summed E-state index contributed by atoms with van der Waals surface area (Å²) in [6, 6.07) is 8.77. The molecule has 0 fully saturated rings. The molecule has 0 aromatic heterocycles. The number of imide groups is 1. The van der Waals surface area contributed by atoms with E-state index in [2.05, 4.69) is 0 Å². The molecule has 2 amide bonds. The second-order valence-electron chi connectivity index (χ2n) is 5.86. The number of benzene rings is 2. The normalized spacial score (nSPS) is 14.2. The van der Waals surface area contributed by atoms with Crippen LogP contribution in [0.5, 0.6) is 0 Å². The van der Waals surface area contributed by atoms with Crippen LogP contribution in [0, 0.1) is 0 Å². The molecule has 5 heteroatoms. The molecular weight excluding hydrogens is 314 g/mol. The molecule has 2 aromatic rings. The third kappa shape index (κ3) is 2.84. The molecule has 1 aliphatic rings. The van der Waals surface area contributed by atoms with E-state index in [0.29, 0.717) is 41.1 Å². The molecule has 23 heavy (non-hydrogen) atoms. The van der Waals surface area contributed by atoms with Gasteiger partial charge in [0.15, 0.2) is 0 Å². The Hall–Kier alpha value is -1.91. The van der Waals surface area contributed by atoms with Crippen molar-refractivity contribution in [1.82, 2.24) is 4.90 Å². The van der Waals surface area contributed by atoms with Crippen LogP contribution < -0.4 is 0 Å². The lowest BCUT2D eigenvalue weighted by Gasteiger charge is -2.27. The summed E-state index contributed by atoms with van der Waals surface area (Å²) < 4.78 is 5.48. The van der Waals surface area contributed by atoms with Gasteiger partial charge in [0.05, 0.1) is 6.10 Å². The van der Waals surface area contributed by atoms with Gasteiger partial charge in [0.1, 0.15) is 0 Å². The maximum atomic E-state index is 12.7. The molecule has 1 aliphatic heterocycles. The Labute approximate surface area is 140 Å². The topological polar surface area (TPSA) is 46.6 Å². The minimum absolute atomic E-state index is 0.138. The lowest BCUT2D eigenvalue weighted by Crippen LogP contribution is -2.41. The SMILES string of the molecule is CC(C)OCCCN1C(=O)c2cccc3c(Cl)ccc(c23)C1=O. The van der Waals surface area contributed by atoms with Crippen molar-refractivity contribution in [3.05, 3.63) is 46.5 Å². The molecule has 0 spiro atoms. The minimum Gasteiger partial charge on any atom is -0.379 e. The van der Waals surface area contributed by atoms with Crippen molar-refractivity contribution in [2.24, 2.45) is 0 Å². The van der Waals surface area contributed by atoms with Gasteiger partial charge in [-0.2, -0.15) is 0 Å². The van der Waals surface area contributed by atoms with Crippen molar-refractivity contribution in [1.29, 1.82) is 0 Å². The number of amides is 2. The van der Waals surface area contributed by atoms with E-state index in [1.807, 2.05) is 19.9 Å². The van der Waals surface area contributed by atoms with Crippen molar-refractivity contribution in [2.45, 2.75) is 26.4 Å². The van der Waals surface area contributed by atoms with Gasteiger partial charge in [-0.3, -0.25) is 14.5 Å². The zero-order valence-corrected chi connectivity index (χ0v) is 13.9. The summed E-state index contributed by atoms with van der Waals surface area (Å²) in [5, 5.41) is 1.95. The van der Waals surface area contributed by atoms with Crippen LogP contribution in [0.2, 0.25) is 5.02 Å². The van der Waals surface area contributed by atoms with E-state index in [0.717, 1.165) is 5.39 Å². The first kappa shape index (κ1) is 16.0. The van der Waals surface area contributed by atoms with Gasteiger partial charge in [0.25, 0.3) is 11.8 Å². The number of carbonyl (C=O) groups excluding carboxylic acids is 2.